The van der Waals surface area contributed by atoms with Gasteiger partial charge in [-0.3, -0.25) is 9.59 Å². The van der Waals surface area contributed by atoms with Crippen molar-refractivity contribution in [3.05, 3.63) is 65.7 Å². The van der Waals surface area contributed by atoms with Crippen LogP contribution in [0.1, 0.15) is 24.5 Å². The zero-order valence-electron chi connectivity index (χ0n) is 15.7. The van der Waals surface area contributed by atoms with Crippen molar-refractivity contribution < 1.29 is 22.8 Å². The van der Waals surface area contributed by atoms with Crippen LogP contribution in [0.25, 0.3) is 0 Å². The summed E-state index contributed by atoms with van der Waals surface area (Å²) in [6, 6.07) is 14.0. The zero-order valence-corrected chi connectivity index (χ0v) is 16.6. The first kappa shape index (κ1) is 21.6. The van der Waals surface area contributed by atoms with Gasteiger partial charge in [-0.05, 0) is 24.6 Å². The van der Waals surface area contributed by atoms with E-state index in [0.717, 1.165) is 29.5 Å². The highest BCUT2D eigenvalue weighted by Gasteiger charge is 2.35. The summed E-state index contributed by atoms with van der Waals surface area (Å²) in [6.45, 7) is 1.77. The Labute approximate surface area is 174 Å². The van der Waals surface area contributed by atoms with Gasteiger partial charge >= 0.3 is 6.18 Å². The molecule has 0 aromatic heterocycles. The molecule has 30 heavy (non-hydrogen) atoms. The highest BCUT2D eigenvalue weighted by molar-refractivity contribution is 8.15. The number of carbonyl (C=O) groups is 2. The third kappa shape index (κ3) is 5.47. The first-order chi connectivity index (χ1) is 14.2. The molecule has 2 N–H and O–H groups in total. The number of hydrogen-bond acceptors (Lipinski definition) is 5. The van der Waals surface area contributed by atoms with Gasteiger partial charge in [0, 0.05) is 6.42 Å². The van der Waals surface area contributed by atoms with Crippen LogP contribution in [0.15, 0.2) is 64.8 Å². The molecule has 1 heterocycles. The van der Waals surface area contributed by atoms with E-state index in [-0.39, 0.29) is 17.3 Å². The van der Waals surface area contributed by atoms with Gasteiger partial charge in [-0.2, -0.15) is 18.3 Å². The number of amidine groups is 1. The molecule has 1 aliphatic rings. The summed E-state index contributed by atoms with van der Waals surface area (Å²) in [4.78, 5) is 24.3. The van der Waals surface area contributed by atoms with Gasteiger partial charge < -0.3 is 10.6 Å². The van der Waals surface area contributed by atoms with Crippen molar-refractivity contribution >= 4 is 40.1 Å². The standard InChI is InChI=1S/C20H17F3N4O2S/c1-12(13-7-3-2-4-8-13)26-27-19-25-18(29)16(30-19)11-17(28)24-15-10-6-5-9-14(15)20(21,22)23/h2-10,16H,11H2,1H3,(H,24,28)(H,25,27,29)/b26-12-/t16-/m1/s1. The van der Waals surface area contributed by atoms with Crippen LogP contribution in [0, 0.1) is 0 Å². The summed E-state index contributed by atoms with van der Waals surface area (Å²) in [7, 11) is 0. The van der Waals surface area contributed by atoms with Crippen LogP contribution in [0.5, 0.6) is 0 Å². The van der Waals surface area contributed by atoms with Gasteiger partial charge in [-0.15, -0.1) is 5.10 Å². The molecule has 0 saturated carbocycles. The summed E-state index contributed by atoms with van der Waals surface area (Å²) in [5.41, 5.74) is 0.212. The fourth-order valence-electron chi connectivity index (χ4n) is 2.65. The summed E-state index contributed by atoms with van der Waals surface area (Å²) in [5.74, 6) is -1.16. The highest BCUT2D eigenvalue weighted by Crippen LogP contribution is 2.34. The highest BCUT2D eigenvalue weighted by atomic mass is 32.2. The van der Waals surface area contributed by atoms with Gasteiger partial charge in [-0.1, -0.05) is 54.2 Å². The van der Waals surface area contributed by atoms with Crippen LogP contribution in [-0.2, 0) is 15.8 Å². The molecule has 0 spiro atoms. The average Bonchev–Trinajstić information content (AvgIpc) is 3.05. The van der Waals surface area contributed by atoms with Crippen LogP contribution in [-0.4, -0.2) is 27.9 Å². The molecule has 1 saturated heterocycles. The molecule has 3 rings (SSSR count). The van der Waals surface area contributed by atoms with Gasteiger partial charge in [0.25, 0.3) is 0 Å². The van der Waals surface area contributed by atoms with Crippen LogP contribution < -0.4 is 10.6 Å². The predicted molar refractivity (Wildman–Crippen MR) is 110 cm³/mol. The summed E-state index contributed by atoms with van der Waals surface area (Å²) >= 11 is 1.00. The topological polar surface area (TPSA) is 82.9 Å². The van der Waals surface area contributed by atoms with E-state index >= 15 is 0 Å². The van der Waals surface area contributed by atoms with Gasteiger partial charge in [0.1, 0.15) is 5.25 Å². The number of benzene rings is 2. The molecular weight excluding hydrogens is 417 g/mol. The second-order valence-electron chi connectivity index (χ2n) is 6.35. The second kappa shape index (κ2) is 9.12. The van der Waals surface area contributed by atoms with E-state index in [1.807, 2.05) is 30.3 Å². The Morgan fingerprint density at radius 1 is 1.13 bits per heavy atom. The molecule has 2 aromatic carbocycles. The Morgan fingerprint density at radius 3 is 2.50 bits per heavy atom. The van der Waals surface area contributed by atoms with Crippen LogP contribution in [0.3, 0.4) is 0 Å². The van der Waals surface area contributed by atoms with Crippen LogP contribution >= 0.6 is 11.8 Å². The lowest BCUT2D eigenvalue weighted by Crippen LogP contribution is -2.28. The van der Waals surface area contributed by atoms with E-state index in [9.17, 15) is 22.8 Å². The fourth-order valence-corrected chi connectivity index (χ4v) is 3.57. The predicted octanol–water partition coefficient (Wildman–Crippen LogP) is 4.05. The number of hydrogen-bond donors (Lipinski definition) is 2. The average molecular weight is 434 g/mol. The molecule has 1 fully saturated rings. The number of thioether (sulfide) groups is 1. The second-order valence-corrected chi connectivity index (χ2v) is 7.54. The number of anilines is 1. The number of halogens is 3. The van der Waals surface area contributed by atoms with E-state index in [4.69, 9.17) is 0 Å². The Balaban J connectivity index is 1.63. The lowest BCUT2D eigenvalue weighted by atomic mass is 10.1. The van der Waals surface area contributed by atoms with E-state index < -0.39 is 28.8 Å². The Bertz CT molecular complexity index is 1010. The van der Waals surface area contributed by atoms with Crippen molar-refractivity contribution in [1.29, 1.82) is 0 Å². The number of nitrogens with zero attached hydrogens (tertiary/aromatic N) is 2. The Morgan fingerprint density at radius 2 is 1.80 bits per heavy atom. The molecule has 6 nitrogen and oxygen atoms in total. The molecule has 0 unspecified atom stereocenters. The van der Waals surface area contributed by atoms with Gasteiger partial charge in [-0.25, -0.2) is 0 Å². The lowest BCUT2D eigenvalue weighted by Gasteiger charge is -2.14. The van der Waals surface area contributed by atoms with Crippen molar-refractivity contribution in [2.45, 2.75) is 24.8 Å². The SMILES string of the molecule is C/C(=N/N=C1\NC(=O)[C@@H](CC(=O)Nc2ccccc2C(F)(F)F)S1)c1ccccc1. The quantitative estimate of drug-likeness (QED) is 0.550. The van der Waals surface area contributed by atoms with Crippen molar-refractivity contribution in [3.8, 4) is 0 Å². The Hall–Kier alpha value is -3.14. The maximum atomic E-state index is 13.0. The largest absolute Gasteiger partial charge is 0.418 e. The van der Waals surface area contributed by atoms with E-state index in [2.05, 4.69) is 20.8 Å². The first-order valence-electron chi connectivity index (χ1n) is 8.85. The molecule has 156 valence electrons. The molecule has 1 atom stereocenters. The van der Waals surface area contributed by atoms with Crippen LogP contribution in [0.2, 0.25) is 0 Å². The van der Waals surface area contributed by atoms with Gasteiger partial charge in [0.2, 0.25) is 11.8 Å². The third-order valence-corrected chi connectivity index (χ3v) is 5.21. The number of alkyl halides is 3. The Kier molecular flexibility index (Phi) is 6.56. The maximum absolute atomic E-state index is 13.0. The van der Waals surface area contributed by atoms with Crippen molar-refractivity contribution in [1.82, 2.24) is 5.32 Å². The van der Waals surface area contributed by atoms with Crippen molar-refractivity contribution in [2.75, 3.05) is 5.32 Å². The molecule has 0 bridgehead atoms. The van der Waals surface area contributed by atoms with Gasteiger partial charge in [0.05, 0.1) is 17.0 Å². The molecule has 2 amide bonds. The molecular formula is C20H17F3N4O2S. The summed E-state index contributed by atoms with van der Waals surface area (Å²) < 4.78 is 39.1. The molecule has 0 radical (unpaired) electrons. The van der Waals surface area contributed by atoms with Crippen molar-refractivity contribution in [3.63, 3.8) is 0 Å². The number of carbonyl (C=O) groups excluding carboxylic acids is 2. The van der Waals surface area contributed by atoms with Crippen molar-refractivity contribution in [2.24, 2.45) is 10.2 Å². The minimum absolute atomic E-state index is 0.226. The fraction of sp³-hybridized carbons (Fsp3) is 0.200. The van der Waals surface area contributed by atoms with E-state index in [1.165, 1.54) is 12.1 Å². The van der Waals surface area contributed by atoms with Gasteiger partial charge in [0.15, 0.2) is 5.17 Å². The lowest BCUT2D eigenvalue weighted by molar-refractivity contribution is -0.137. The van der Waals surface area contributed by atoms with Crippen LogP contribution in [0.4, 0.5) is 18.9 Å². The number of para-hydroxylation sites is 1. The number of rotatable bonds is 5. The minimum atomic E-state index is -4.60. The molecule has 2 aromatic rings. The molecule has 0 aliphatic carbocycles. The third-order valence-electron chi connectivity index (χ3n) is 4.14. The van der Waals surface area contributed by atoms with E-state index in [0.29, 0.717) is 5.71 Å². The maximum Gasteiger partial charge on any atom is 0.418 e. The number of amides is 2. The molecule has 10 heteroatoms. The minimum Gasteiger partial charge on any atom is -0.325 e. The normalized spacial score (nSPS) is 18.4. The zero-order chi connectivity index (χ0) is 21.7. The van der Waals surface area contributed by atoms with E-state index in [1.54, 1.807) is 6.92 Å². The summed E-state index contributed by atoms with van der Waals surface area (Å²) in [6.07, 6.45) is -4.90. The molecule has 1 aliphatic heterocycles. The first-order valence-corrected chi connectivity index (χ1v) is 9.73. The smallest absolute Gasteiger partial charge is 0.325 e. The number of nitrogens with one attached hydrogen (secondary N) is 2. The summed E-state index contributed by atoms with van der Waals surface area (Å²) in [5, 5.41) is 12.2. The monoisotopic (exact) mass is 434 g/mol.